The number of H-pyrrole nitrogens is 1. The Bertz CT molecular complexity index is 862. The van der Waals surface area contributed by atoms with Gasteiger partial charge in [0.2, 0.25) is 0 Å². The van der Waals surface area contributed by atoms with Gasteiger partial charge in [0.1, 0.15) is 5.76 Å². The first kappa shape index (κ1) is 13.8. The van der Waals surface area contributed by atoms with E-state index in [-0.39, 0.29) is 11.6 Å². The van der Waals surface area contributed by atoms with Crippen LogP contribution in [0.1, 0.15) is 25.1 Å². The van der Waals surface area contributed by atoms with Gasteiger partial charge in [0.15, 0.2) is 4.77 Å². The van der Waals surface area contributed by atoms with Crippen molar-refractivity contribution in [2.24, 2.45) is 0 Å². The molecule has 2 heterocycles. The van der Waals surface area contributed by atoms with Gasteiger partial charge in [-0.3, -0.25) is 9.36 Å². The van der Waals surface area contributed by atoms with E-state index in [0.717, 1.165) is 24.1 Å². The maximum atomic E-state index is 12.6. The van der Waals surface area contributed by atoms with Gasteiger partial charge in [-0.1, -0.05) is 12.1 Å². The molecule has 0 saturated carbocycles. The van der Waals surface area contributed by atoms with Gasteiger partial charge in [0, 0.05) is 12.5 Å². The molecule has 1 atom stereocenters. The maximum Gasteiger partial charge on any atom is 0.262 e. The molecular weight excluding hydrogens is 284 g/mol. The standard InChI is InChI=1S/C16H16N2O2S/c1-11(8-9-12-5-4-10-20-12)18-15(19)13-6-2-3-7-14(13)17-16(18)21/h2-7,10-11H,8-9H2,1H3,(H,17,21). The first-order valence-corrected chi connectivity index (χ1v) is 7.33. The lowest BCUT2D eigenvalue weighted by Gasteiger charge is -2.15. The lowest BCUT2D eigenvalue weighted by atomic mass is 10.1. The Morgan fingerprint density at radius 1 is 1.29 bits per heavy atom. The Kier molecular flexibility index (Phi) is 3.75. The van der Waals surface area contributed by atoms with Crippen LogP contribution in [0.2, 0.25) is 0 Å². The highest BCUT2D eigenvalue weighted by Crippen LogP contribution is 2.15. The fourth-order valence-electron chi connectivity index (χ4n) is 2.51. The summed E-state index contributed by atoms with van der Waals surface area (Å²) in [6.45, 7) is 2.00. The second-order valence-corrected chi connectivity index (χ2v) is 5.50. The third-order valence-corrected chi connectivity index (χ3v) is 3.96. The van der Waals surface area contributed by atoms with Crippen molar-refractivity contribution in [2.75, 3.05) is 0 Å². The third-order valence-electron chi connectivity index (χ3n) is 3.67. The summed E-state index contributed by atoms with van der Waals surface area (Å²) in [6, 6.07) is 11.3. The molecule has 3 aromatic rings. The summed E-state index contributed by atoms with van der Waals surface area (Å²) in [6.07, 6.45) is 3.24. The van der Waals surface area contributed by atoms with Crippen molar-refractivity contribution in [3.8, 4) is 0 Å². The fraction of sp³-hybridized carbons (Fsp3) is 0.250. The van der Waals surface area contributed by atoms with Gasteiger partial charge in [-0.2, -0.15) is 0 Å². The van der Waals surface area contributed by atoms with Crippen LogP contribution in [0.5, 0.6) is 0 Å². The number of hydrogen-bond acceptors (Lipinski definition) is 3. The first-order chi connectivity index (χ1) is 10.2. The number of fused-ring (bicyclic) bond motifs is 1. The SMILES string of the molecule is CC(CCc1ccco1)n1c(=S)[nH]c2ccccc2c1=O. The van der Waals surface area contributed by atoms with Crippen LogP contribution >= 0.6 is 12.2 Å². The van der Waals surface area contributed by atoms with Gasteiger partial charge < -0.3 is 9.40 Å². The molecule has 2 aromatic heterocycles. The average molecular weight is 300 g/mol. The molecule has 0 aliphatic rings. The van der Waals surface area contributed by atoms with Crippen molar-refractivity contribution >= 4 is 23.1 Å². The summed E-state index contributed by atoms with van der Waals surface area (Å²) in [7, 11) is 0. The topological polar surface area (TPSA) is 50.9 Å². The molecule has 21 heavy (non-hydrogen) atoms. The predicted molar refractivity (Wildman–Crippen MR) is 85.1 cm³/mol. The van der Waals surface area contributed by atoms with Crippen molar-refractivity contribution < 1.29 is 4.42 Å². The molecule has 0 radical (unpaired) electrons. The highest BCUT2D eigenvalue weighted by Gasteiger charge is 2.12. The van der Waals surface area contributed by atoms with E-state index in [0.29, 0.717) is 10.2 Å². The Labute approximate surface area is 127 Å². The first-order valence-electron chi connectivity index (χ1n) is 6.93. The molecular formula is C16H16N2O2S. The molecule has 0 amide bonds. The Hall–Kier alpha value is -2.14. The van der Waals surface area contributed by atoms with Gasteiger partial charge in [-0.05, 0) is 49.8 Å². The molecule has 0 bridgehead atoms. The fourth-order valence-corrected chi connectivity index (χ4v) is 2.88. The maximum absolute atomic E-state index is 12.6. The second-order valence-electron chi connectivity index (χ2n) is 5.12. The van der Waals surface area contributed by atoms with Crippen LogP contribution in [0.15, 0.2) is 51.9 Å². The molecule has 0 spiro atoms. The highest BCUT2D eigenvalue weighted by atomic mass is 32.1. The number of hydrogen-bond donors (Lipinski definition) is 1. The lowest BCUT2D eigenvalue weighted by Crippen LogP contribution is -2.25. The van der Waals surface area contributed by atoms with Crippen molar-refractivity contribution in [3.05, 3.63) is 63.5 Å². The van der Waals surface area contributed by atoms with E-state index in [1.165, 1.54) is 0 Å². The van der Waals surface area contributed by atoms with Crippen molar-refractivity contribution in [1.29, 1.82) is 0 Å². The van der Waals surface area contributed by atoms with Crippen LogP contribution in [0.4, 0.5) is 0 Å². The number of rotatable bonds is 4. The average Bonchev–Trinajstić information content (AvgIpc) is 2.98. The van der Waals surface area contributed by atoms with Gasteiger partial charge in [0.05, 0.1) is 17.2 Å². The van der Waals surface area contributed by atoms with E-state index in [9.17, 15) is 4.79 Å². The molecule has 5 heteroatoms. The Morgan fingerprint density at radius 2 is 2.10 bits per heavy atom. The van der Waals surface area contributed by atoms with Crippen LogP contribution in [0, 0.1) is 4.77 Å². The summed E-state index contributed by atoms with van der Waals surface area (Å²) in [5.74, 6) is 0.922. The summed E-state index contributed by atoms with van der Waals surface area (Å²) < 4.78 is 7.45. The minimum atomic E-state index is -0.0405. The van der Waals surface area contributed by atoms with Gasteiger partial charge in [0.25, 0.3) is 5.56 Å². The Balaban J connectivity index is 1.96. The molecule has 0 saturated heterocycles. The molecule has 4 nitrogen and oxygen atoms in total. The number of nitrogens with one attached hydrogen (secondary N) is 1. The summed E-state index contributed by atoms with van der Waals surface area (Å²) in [5, 5.41) is 0.663. The van der Waals surface area contributed by atoms with E-state index in [4.69, 9.17) is 16.6 Å². The van der Waals surface area contributed by atoms with Crippen molar-refractivity contribution in [2.45, 2.75) is 25.8 Å². The van der Waals surface area contributed by atoms with Crippen LogP contribution in [-0.4, -0.2) is 9.55 Å². The van der Waals surface area contributed by atoms with Crippen LogP contribution in [-0.2, 0) is 6.42 Å². The van der Waals surface area contributed by atoms with Gasteiger partial charge in [-0.15, -0.1) is 0 Å². The molecule has 3 rings (SSSR count). The smallest absolute Gasteiger partial charge is 0.262 e. The van der Waals surface area contributed by atoms with E-state index < -0.39 is 0 Å². The van der Waals surface area contributed by atoms with Gasteiger partial charge >= 0.3 is 0 Å². The quantitative estimate of drug-likeness (QED) is 0.745. The minimum Gasteiger partial charge on any atom is -0.469 e. The van der Waals surface area contributed by atoms with Gasteiger partial charge in [-0.25, -0.2) is 0 Å². The number of nitrogens with zero attached hydrogens (tertiary/aromatic N) is 1. The summed E-state index contributed by atoms with van der Waals surface area (Å²) in [5.41, 5.74) is 0.739. The normalized spacial score (nSPS) is 12.6. The number of aryl methyl sites for hydroxylation is 1. The molecule has 1 unspecified atom stereocenters. The van der Waals surface area contributed by atoms with Crippen LogP contribution in [0.3, 0.4) is 0 Å². The third kappa shape index (κ3) is 2.69. The zero-order chi connectivity index (χ0) is 14.8. The molecule has 0 fully saturated rings. The number of aromatic amines is 1. The van der Waals surface area contributed by atoms with Crippen LogP contribution < -0.4 is 5.56 Å². The summed E-state index contributed by atoms with van der Waals surface area (Å²) in [4.78, 5) is 15.7. The minimum absolute atomic E-state index is 0.0101. The molecule has 0 aliphatic carbocycles. The number of para-hydroxylation sites is 1. The van der Waals surface area contributed by atoms with E-state index in [1.54, 1.807) is 10.8 Å². The summed E-state index contributed by atoms with van der Waals surface area (Å²) >= 11 is 5.34. The van der Waals surface area contributed by atoms with Crippen LogP contribution in [0.25, 0.3) is 10.9 Å². The predicted octanol–water partition coefficient (Wildman–Crippen LogP) is 3.85. The molecule has 0 aliphatic heterocycles. The zero-order valence-corrected chi connectivity index (χ0v) is 12.5. The van der Waals surface area contributed by atoms with Crippen molar-refractivity contribution in [1.82, 2.24) is 9.55 Å². The number of aromatic nitrogens is 2. The van der Waals surface area contributed by atoms with Crippen molar-refractivity contribution in [3.63, 3.8) is 0 Å². The monoisotopic (exact) mass is 300 g/mol. The Morgan fingerprint density at radius 3 is 2.86 bits per heavy atom. The molecule has 1 N–H and O–H groups in total. The number of furan rings is 1. The lowest BCUT2D eigenvalue weighted by molar-refractivity contribution is 0.441. The zero-order valence-electron chi connectivity index (χ0n) is 11.7. The molecule has 1 aromatic carbocycles. The van der Waals surface area contributed by atoms with E-state index >= 15 is 0 Å². The largest absolute Gasteiger partial charge is 0.469 e. The van der Waals surface area contributed by atoms with E-state index in [1.807, 2.05) is 43.3 Å². The highest BCUT2D eigenvalue weighted by molar-refractivity contribution is 7.71. The molecule has 108 valence electrons. The second kappa shape index (κ2) is 5.69. The van der Waals surface area contributed by atoms with E-state index in [2.05, 4.69) is 4.98 Å². The number of benzene rings is 1.